The van der Waals surface area contributed by atoms with E-state index in [-0.39, 0.29) is 5.41 Å². The van der Waals surface area contributed by atoms with Crippen LogP contribution in [-0.2, 0) is 5.41 Å². The predicted octanol–water partition coefficient (Wildman–Crippen LogP) is 8.44. The summed E-state index contributed by atoms with van der Waals surface area (Å²) >= 11 is 0. The van der Waals surface area contributed by atoms with Crippen LogP contribution < -0.4 is 5.73 Å². The van der Waals surface area contributed by atoms with E-state index >= 15 is 0 Å². The molecule has 0 aliphatic heterocycles. The lowest BCUT2D eigenvalue weighted by Crippen LogP contribution is -2.16. The summed E-state index contributed by atoms with van der Waals surface area (Å²) in [6, 6.07) is 21.3. The third-order valence-electron chi connectivity index (χ3n) is 7.08. The van der Waals surface area contributed by atoms with Crippen molar-refractivity contribution in [2.24, 2.45) is 15.7 Å². The first-order valence-corrected chi connectivity index (χ1v) is 13.1. The van der Waals surface area contributed by atoms with Crippen LogP contribution in [0.15, 0.2) is 112 Å². The standard InChI is InChI=1S/C35H33N3O/c1-6-9-23-17-32(39-22-23)30(10-7-2)34(37-5)38-33(36)28-12-8-11-24(18-28)25-13-14-26-21-31-27(20-29(26)19-25)15-16-35(31,3)4/h6-22H,2H2,1,3-5H3,(H2,36,37,38)/b9-6-,30-10+. The first-order valence-electron chi connectivity index (χ1n) is 13.1. The second-order valence-corrected chi connectivity index (χ2v) is 10.2. The Morgan fingerprint density at radius 1 is 1.00 bits per heavy atom. The van der Waals surface area contributed by atoms with E-state index in [2.05, 4.69) is 80.0 Å². The molecule has 1 aliphatic rings. The van der Waals surface area contributed by atoms with Crippen LogP contribution in [0.3, 0.4) is 0 Å². The fourth-order valence-corrected chi connectivity index (χ4v) is 5.00. The molecular formula is C35H33N3O. The summed E-state index contributed by atoms with van der Waals surface area (Å²) in [5.41, 5.74) is 14.0. The van der Waals surface area contributed by atoms with E-state index in [9.17, 15) is 0 Å². The molecule has 2 N–H and O–H groups in total. The van der Waals surface area contributed by atoms with Crippen molar-refractivity contribution >= 4 is 40.2 Å². The van der Waals surface area contributed by atoms with Gasteiger partial charge in [-0.15, -0.1) is 0 Å². The van der Waals surface area contributed by atoms with Crippen molar-refractivity contribution in [3.8, 4) is 11.1 Å². The van der Waals surface area contributed by atoms with Crippen molar-refractivity contribution < 1.29 is 4.42 Å². The van der Waals surface area contributed by atoms with Crippen molar-refractivity contribution in [3.63, 3.8) is 0 Å². The lowest BCUT2D eigenvalue weighted by atomic mass is 9.85. The maximum Gasteiger partial charge on any atom is 0.160 e. The molecule has 5 rings (SSSR count). The summed E-state index contributed by atoms with van der Waals surface area (Å²) in [6.45, 7) is 10.3. The summed E-state index contributed by atoms with van der Waals surface area (Å²) in [7, 11) is 1.69. The average molecular weight is 512 g/mol. The van der Waals surface area contributed by atoms with Gasteiger partial charge in [0.1, 0.15) is 11.6 Å². The first kappa shape index (κ1) is 25.9. The van der Waals surface area contributed by atoms with E-state index in [4.69, 9.17) is 15.1 Å². The normalized spacial score (nSPS) is 15.3. The number of hydrogen-bond donors (Lipinski definition) is 1. The van der Waals surface area contributed by atoms with Crippen LogP contribution in [0.2, 0.25) is 0 Å². The Bertz CT molecular complexity index is 1720. The zero-order valence-corrected chi connectivity index (χ0v) is 22.9. The molecule has 39 heavy (non-hydrogen) atoms. The summed E-state index contributed by atoms with van der Waals surface area (Å²) in [4.78, 5) is 9.10. The smallest absolute Gasteiger partial charge is 0.160 e. The Hall–Kier alpha value is -4.70. The minimum Gasteiger partial charge on any atom is -0.464 e. The number of aliphatic imine (C=N–C) groups is 2. The van der Waals surface area contributed by atoms with E-state index in [1.54, 1.807) is 19.4 Å². The van der Waals surface area contributed by atoms with Gasteiger partial charge in [-0.1, -0.05) is 81.1 Å². The molecule has 0 fully saturated rings. The first-order chi connectivity index (χ1) is 18.8. The molecule has 0 bridgehead atoms. The van der Waals surface area contributed by atoms with Gasteiger partial charge < -0.3 is 10.2 Å². The average Bonchev–Trinajstić information content (AvgIpc) is 3.52. The Morgan fingerprint density at radius 2 is 1.82 bits per heavy atom. The topological polar surface area (TPSA) is 63.9 Å². The van der Waals surface area contributed by atoms with E-state index in [1.165, 1.54) is 21.9 Å². The summed E-state index contributed by atoms with van der Waals surface area (Å²) in [5.74, 6) is 1.49. The van der Waals surface area contributed by atoms with E-state index in [1.807, 2.05) is 43.4 Å². The van der Waals surface area contributed by atoms with Gasteiger partial charge in [0.2, 0.25) is 0 Å². The fraction of sp³-hybridized carbons (Fsp3) is 0.143. The highest BCUT2D eigenvalue weighted by atomic mass is 16.3. The Kier molecular flexibility index (Phi) is 7.03. The van der Waals surface area contributed by atoms with Gasteiger partial charge >= 0.3 is 0 Å². The highest BCUT2D eigenvalue weighted by Crippen LogP contribution is 2.38. The van der Waals surface area contributed by atoms with Crippen molar-refractivity contribution in [3.05, 3.63) is 126 Å². The van der Waals surface area contributed by atoms with Crippen molar-refractivity contribution in [2.45, 2.75) is 26.2 Å². The number of benzene rings is 3. The Labute approximate surface area is 230 Å². The van der Waals surface area contributed by atoms with E-state index in [0.29, 0.717) is 23.0 Å². The van der Waals surface area contributed by atoms with Crippen molar-refractivity contribution in [1.82, 2.24) is 0 Å². The van der Waals surface area contributed by atoms with Crippen LogP contribution in [0, 0.1) is 0 Å². The molecule has 1 heterocycles. The van der Waals surface area contributed by atoms with Crippen LogP contribution in [-0.4, -0.2) is 18.7 Å². The SMILES string of the molecule is C=C/C=C(/C(=NC)N=C(N)c1cccc(-c2ccc3cc4c(cc3c2)C=CC4(C)C)c1)c1cc(/C=C\C)co1. The van der Waals surface area contributed by atoms with Gasteiger partial charge in [0, 0.05) is 23.6 Å². The number of fused-ring (bicyclic) bond motifs is 2. The molecule has 1 aliphatic carbocycles. The number of furan rings is 1. The van der Waals surface area contributed by atoms with Crippen molar-refractivity contribution in [1.29, 1.82) is 0 Å². The monoisotopic (exact) mass is 511 g/mol. The van der Waals surface area contributed by atoms with Crippen LogP contribution in [0.5, 0.6) is 0 Å². The van der Waals surface area contributed by atoms with Gasteiger partial charge in [-0.05, 0) is 76.4 Å². The molecule has 0 saturated heterocycles. The molecular weight excluding hydrogens is 478 g/mol. The number of hydrogen-bond acceptors (Lipinski definition) is 2. The molecule has 0 spiro atoms. The molecule has 3 aromatic carbocycles. The molecule has 1 aromatic heterocycles. The van der Waals surface area contributed by atoms with Gasteiger partial charge in [-0.3, -0.25) is 4.99 Å². The number of allylic oxidation sites excluding steroid dienone is 4. The van der Waals surface area contributed by atoms with Gasteiger partial charge in [-0.2, -0.15) is 0 Å². The number of nitrogens with zero attached hydrogens (tertiary/aromatic N) is 2. The molecule has 0 atom stereocenters. The number of rotatable bonds is 6. The fourth-order valence-electron chi connectivity index (χ4n) is 5.00. The highest BCUT2D eigenvalue weighted by Gasteiger charge is 2.25. The highest BCUT2D eigenvalue weighted by molar-refractivity contribution is 6.26. The minimum absolute atomic E-state index is 0.0700. The third kappa shape index (κ3) is 5.19. The summed E-state index contributed by atoms with van der Waals surface area (Å²) in [5, 5.41) is 2.46. The Morgan fingerprint density at radius 3 is 2.59 bits per heavy atom. The second-order valence-electron chi connectivity index (χ2n) is 10.2. The zero-order chi connectivity index (χ0) is 27.6. The summed E-state index contributed by atoms with van der Waals surface area (Å²) in [6.07, 6.45) is 13.7. The maximum absolute atomic E-state index is 6.53. The quantitative estimate of drug-likeness (QED) is 0.160. The zero-order valence-electron chi connectivity index (χ0n) is 22.9. The van der Waals surface area contributed by atoms with Gasteiger partial charge in [-0.25, -0.2) is 4.99 Å². The lowest BCUT2D eigenvalue weighted by Gasteiger charge is -2.18. The molecule has 0 radical (unpaired) electrons. The van der Waals surface area contributed by atoms with Crippen LogP contribution in [0.1, 0.15) is 48.8 Å². The summed E-state index contributed by atoms with van der Waals surface area (Å²) < 4.78 is 5.79. The van der Waals surface area contributed by atoms with E-state index in [0.717, 1.165) is 22.3 Å². The largest absolute Gasteiger partial charge is 0.464 e. The molecule has 4 heteroatoms. The van der Waals surface area contributed by atoms with Crippen LogP contribution in [0.25, 0.3) is 39.6 Å². The molecule has 0 unspecified atom stereocenters. The Balaban J connectivity index is 1.47. The lowest BCUT2D eigenvalue weighted by molar-refractivity contribution is 0.554. The third-order valence-corrected chi connectivity index (χ3v) is 7.08. The van der Waals surface area contributed by atoms with Gasteiger partial charge in [0.05, 0.1) is 11.8 Å². The van der Waals surface area contributed by atoms with Gasteiger partial charge in [0.15, 0.2) is 5.84 Å². The van der Waals surface area contributed by atoms with Crippen LogP contribution >= 0.6 is 0 Å². The molecule has 194 valence electrons. The molecule has 0 amide bonds. The molecule has 4 nitrogen and oxygen atoms in total. The van der Waals surface area contributed by atoms with Gasteiger partial charge in [0.25, 0.3) is 0 Å². The predicted molar refractivity (Wildman–Crippen MR) is 167 cm³/mol. The number of amidine groups is 2. The second kappa shape index (κ2) is 10.6. The van der Waals surface area contributed by atoms with Crippen molar-refractivity contribution in [2.75, 3.05) is 7.05 Å². The molecule has 4 aromatic rings. The minimum atomic E-state index is 0.0700. The van der Waals surface area contributed by atoms with Crippen LogP contribution in [0.4, 0.5) is 0 Å². The van der Waals surface area contributed by atoms with E-state index < -0.39 is 0 Å². The number of nitrogens with two attached hydrogens (primary N) is 1. The molecule has 0 saturated carbocycles. The maximum atomic E-state index is 6.53.